The van der Waals surface area contributed by atoms with Crippen molar-refractivity contribution in [1.82, 2.24) is 19.7 Å². The maximum absolute atomic E-state index is 12.2. The second-order valence-corrected chi connectivity index (χ2v) is 6.26. The number of benzene rings is 1. The summed E-state index contributed by atoms with van der Waals surface area (Å²) in [6.45, 7) is -0.226. The molecule has 1 aliphatic carbocycles. The van der Waals surface area contributed by atoms with Gasteiger partial charge in [0.05, 0.1) is 11.3 Å². The van der Waals surface area contributed by atoms with Crippen molar-refractivity contribution in [3.05, 3.63) is 42.5 Å². The number of likely N-dealkylation sites (N-methyl/N-ethyl adjacent to an activating group) is 1. The van der Waals surface area contributed by atoms with E-state index in [1.54, 1.807) is 47.2 Å². The van der Waals surface area contributed by atoms with E-state index in [2.05, 4.69) is 10.1 Å². The smallest absolute Gasteiger partial charge is 0.338 e. The number of rotatable bonds is 5. The molecule has 3 rings (SSSR count). The van der Waals surface area contributed by atoms with E-state index in [0.717, 1.165) is 31.4 Å². The molecule has 0 unspecified atom stereocenters. The SMILES string of the molecule is CN(C(=O)COC(=O)c1ccc(-n2cncn2)cc1)C1CCCCC1. The van der Waals surface area contributed by atoms with Crippen LogP contribution in [-0.2, 0) is 9.53 Å². The molecule has 1 aliphatic rings. The number of carbonyl (C=O) groups excluding carboxylic acids is 2. The van der Waals surface area contributed by atoms with Crippen LogP contribution in [0.2, 0.25) is 0 Å². The molecule has 1 amide bonds. The van der Waals surface area contributed by atoms with Crippen LogP contribution < -0.4 is 0 Å². The van der Waals surface area contributed by atoms with Gasteiger partial charge < -0.3 is 9.64 Å². The van der Waals surface area contributed by atoms with Gasteiger partial charge in [0, 0.05) is 13.1 Å². The minimum Gasteiger partial charge on any atom is -0.452 e. The summed E-state index contributed by atoms with van der Waals surface area (Å²) in [5.74, 6) is -0.657. The molecule has 7 heteroatoms. The summed E-state index contributed by atoms with van der Waals surface area (Å²) in [6, 6.07) is 7.06. The standard InChI is InChI=1S/C18H22N4O3/c1-21(15-5-3-2-4-6-15)17(23)11-25-18(24)14-7-9-16(10-8-14)22-13-19-12-20-22/h7-10,12-13,15H,2-6,11H2,1H3. The predicted molar refractivity (Wildman–Crippen MR) is 91.3 cm³/mol. The first-order valence-electron chi connectivity index (χ1n) is 8.53. The maximum Gasteiger partial charge on any atom is 0.338 e. The molecular weight excluding hydrogens is 320 g/mol. The number of carbonyl (C=O) groups is 2. The Kier molecular flexibility index (Phi) is 5.42. The average Bonchev–Trinajstić information content (AvgIpc) is 3.21. The molecule has 0 spiro atoms. The monoisotopic (exact) mass is 342 g/mol. The Morgan fingerprint density at radius 1 is 1.20 bits per heavy atom. The molecule has 132 valence electrons. The highest BCUT2D eigenvalue weighted by Crippen LogP contribution is 2.21. The lowest BCUT2D eigenvalue weighted by atomic mass is 9.94. The van der Waals surface area contributed by atoms with Crippen molar-refractivity contribution in [3.63, 3.8) is 0 Å². The molecule has 0 radical (unpaired) electrons. The molecule has 1 fully saturated rings. The van der Waals surface area contributed by atoms with Gasteiger partial charge >= 0.3 is 5.97 Å². The fraction of sp³-hybridized carbons (Fsp3) is 0.444. The Hall–Kier alpha value is -2.70. The molecule has 7 nitrogen and oxygen atoms in total. The lowest BCUT2D eigenvalue weighted by Crippen LogP contribution is -2.40. The Labute approximate surface area is 146 Å². The second-order valence-electron chi connectivity index (χ2n) is 6.26. The number of nitrogens with zero attached hydrogens (tertiary/aromatic N) is 4. The topological polar surface area (TPSA) is 77.3 Å². The number of hydrogen-bond donors (Lipinski definition) is 0. The van der Waals surface area contributed by atoms with Gasteiger partial charge in [-0.3, -0.25) is 4.79 Å². The van der Waals surface area contributed by atoms with Gasteiger partial charge in [0.2, 0.25) is 0 Å². The third-order valence-corrected chi connectivity index (χ3v) is 4.63. The average molecular weight is 342 g/mol. The van der Waals surface area contributed by atoms with Gasteiger partial charge in [-0.25, -0.2) is 14.5 Å². The number of amides is 1. The molecule has 1 heterocycles. The number of hydrogen-bond acceptors (Lipinski definition) is 5. The van der Waals surface area contributed by atoms with E-state index in [4.69, 9.17) is 4.74 Å². The molecule has 0 aliphatic heterocycles. The van der Waals surface area contributed by atoms with Crippen molar-refractivity contribution < 1.29 is 14.3 Å². The summed E-state index contributed by atoms with van der Waals surface area (Å²) in [6.07, 6.45) is 8.61. The van der Waals surface area contributed by atoms with E-state index in [-0.39, 0.29) is 18.6 Å². The van der Waals surface area contributed by atoms with Crippen molar-refractivity contribution in [3.8, 4) is 5.69 Å². The van der Waals surface area contributed by atoms with E-state index in [9.17, 15) is 9.59 Å². The van der Waals surface area contributed by atoms with Crippen LogP contribution in [0.5, 0.6) is 0 Å². The van der Waals surface area contributed by atoms with Gasteiger partial charge in [0.15, 0.2) is 6.61 Å². The molecule has 0 bridgehead atoms. The fourth-order valence-corrected chi connectivity index (χ4v) is 3.08. The molecule has 0 saturated heterocycles. The highest BCUT2D eigenvalue weighted by Gasteiger charge is 2.23. The summed E-state index contributed by atoms with van der Waals surface area (Å²) >= 11 is 0. The number of aromatic nitrogens is 3. The summed E-state index contributed by atoms with van der Waals surface area (Å²) in [4.78, 5) is 29.9. The second kappa shape index (κ2) is 7.92. The Morgan fingerprint density at radius 3 is 2.56 bits per heavy atom. The zero-order chi connectivity index (χ0) is 17.6. The lowest BCUT2D eigenvalue weighted by molar-refractivity contribution is -0.135. The van der Waals surface area contributed by atoms with Crippen LogP contribution in [0.15, 0.2) is 36.9 Å². The van der Waals surface area contributed by atoms with Crippen LogP contribution in [0.1, 0.15) is 42.5 Å². The lowest BCUT2D eigenvalue weighted by Gasteiger charge is -2.31. The Bertz CT molecular complexity index is 706. The molecular formula is C18H22N4O3. The Balaban J connectivity index is 1.52. The molecule has 25 heavy (non-hydrogen) atoms. The number of ether oxygens (including phenoxy) is 1. The van der Waals surface area contributed by atoms with Gasteiger partial charge in [0.1, 0.15) is 12.7 Å². The largest absolute Gasteiger partial charge is 0.452 e. The van der Waals surface area contributed by atoms with Crippen molar-refractivity contribution in [1.29, 1.82) is 0 Å². The zero-order valence-electron chi connectivity index (χ0n) is 14.3. The van der Waals surface area contributed by atoms with Gasteiger partial charge in [-0.1, -0.05) is 19.3 Å². The van der Waals surface area contributed by atoms with Crippen molar-refractivity contribution in [2.24, 2.45) is 0 Å². The van der Waals surface area contributed by atoms with Gasteiger partial charge in [-0.05, 0) is 37.1 Å². The summed E-state index contributed by atoms with van der Waals surface area (Å²) in [7, 11) is 1.79. The third-order valence-electron chi connectivity index (χ3n) is 4.63. The van der Waals surface area contributed by atoms with E-state index in [1.807, 2.05) is 0 Å². The molecule has 1 aromatic carbocycles. The van der Waals surface area contributed by atoms with Crippen LogP contribution in [0.25, 0.3) is 5.69 Å². The van der Waals surface area contributed by atoms with E-state index in [0.29, 0.717) is 5.56 Å². The Morgan fingerprint density at radius 2 is 1.92 bits per heavy atom. The van der Waals surface area contributed by atoms with Gasteiger partial charge in [0.25, 0.3) is 5.91 Å². The first-order valence-corrected chi connectivity index (χ1v) is 8.53. The third kappa shape index (κ3) is 4.23. The first kappa shape index (κ1) is 17.1. The first-order chi connectivity index (χ1) is 12.1. The summed E-state index contributed by atoms with van der Waals surface area (Å²) in [5, 5.41) is 4.02. The fourth-order valence-electron chi connectivity index (χ4n) is 3.08. The minimum absolute atomic E-state index is 0.153. The summed E-state index contributed by atoms with van der Waals surface area (Å²) < 4.78 is 6.76. The van der Waals surface area contributed by atoms with Crippen molar-refractivity contribution >= 4 is 11.9 Å². The van der Waals surface area contributed by atoms with Crippen LogP contribution in [0, 0.1) is 0 Å². The van der Waals surface area contributed by atoms with Crippen LogP contribution in [-0.4, -0.2) is 51.2 Å². The van der Waals surface area contributed by atoms with Crippen molar-refractivity contribution in [2.45, 2.75) is 38.1 Å². The van der Waals surface area contributed by atoms with Crippen LogP contribution >= 0.6 is 0 Å². The maximum atomic E-state index is 12.2. The quantitative estimate of drug-likeness (QED) is 0.779. The van der Waals surface area contributed by atoms with E-state index in [1.165, 1.54) is 12.7 Å². The molecule has 1 aromatic heterocycles. The molecule has 1 saturated carbocycles. The van der Waals surface area contributed by atoms with Crippen molar-refractivity contribution in [2.75, 3.05) is 13.7 Å². The molecule has 2 aromatic rings. The molecule has 0 atom stereocenters. The van der Waals surface area contributed by atoms with E-state index < -0.39 is 5.97 Å². The minimum atomic E-state index is -0.504. The van der Waals surface area contributed by atoms with E-state index >= 15 is 0 Å². The van der Waals surface area contributed by atoms with Gasteiger partial charge in [-0.15, -0.1) is 0 Å². The predicted octanol–water partition coefficient (Wildman–Crippen LogP) is 2.22. The normalized spacial score (nSPS) is 14.9. The highest BCUT2D eigenvalue weighted by molar-refractivity contribution is 5.91. The zero-order valence-corrected chi connectivity index (χ0v) is 14.3. The molecule has 0 N–H and O–H groups in total. The van der Waals surface area contributed by atoms with Crippen LogP contribution in [0.4, 0.5) is 0 Å². The van der Waals surface area contributed by atoms with Crippen LogP contribution in [0.3, 0.4) is 0 Å². The summed E-state index contributed by atoms with van der Waals surface area (Å²) in [5.41, 5.74) is 1.19. The number of esters is 1. The van der Waals surface area contributed by atoms with Gasteiger partial charge in [-0.2, -0.15) is 5.10 Å². The highest BCUT2D eigenvalue weighted by atomic mass is 16.5.